The summed E-state index contributed by atoms with van der Waals surface area (Å²) in [5.74, 6) is 1.79. The largest absolute Gasteiger partial charge is 0.497 e. The molecule has 0 fully saturated rings. The first-order valence-corrected chi connectivity index (χ1v) is 7.12. The van der Waals surface area contributed by atoms with Gasteiger partial charge in [0, 0.05) is 26.4 Å². The first-order chi connectivity index (χ1) is 10.2. The SMILES string of the molecule is COCCNc1nc(C)cn1CCc1ccc(OC)cc1. The fourth-order valence-electron chi connectivity index (χ4n) is 2.16. The van der Waals surface area contributed by atoms with Gasteiger partial charge in [-0.05, 0) is 31.0 Å². The van der Waals surface area contributed by atoms with Crippen molar-refractivity contribution in [1.29, 1.82) is 0 Å². The Balaban J connectivity index is 1.95. The van der Waals surface area contributed by atoms with Gasteiger partial charge in [0.2, 0.25) is 5.95 Å². The second kappa shape index (κ2) is 7.69. The van der Waals surface area contributed by atoms with Gasteiger partial charge in [-0.15, -0.1) is 0 Å². The molecule has 0 spiro atoms. The molecule has 0 aliphatic heterocycles. The van der Waals surface area contributed by atoms with Crippen molar-refractivity contribution in [2.75, 3.05) is 32.7 Å². The summed E-state index contributed by atoms with van der Waals surface area (Å²) in [5.41, 5.74) is 2.30. The van der Waals surface area contributed by atoms with Crippen LogP contribution in [0.4, 0.5) is 5.95 Å². The molecule has 5 nitrogen and oxygen atoms in total. The normalized spacial score (nSPS) is 10.6. The van der Waals surface area contributed by atoms with E-state index in [-0.39, 0.29) is 0 Å². The van der Waals surface area contributed by atoms with E-state index in [2.05, 4.69) is 33.2 Å². The smallest absolute Gasteiger partial charge is 0.203 e. The Bertz CT molecular complexity index is 549. The van der Waals surface area contributed by atoms with Gasteiger partial charge >= 0.3 is 0 Å². The van der Waals surface area contributed by atoms with Gasteiger partial charge in [0.25, 0.3) is 0 Å². The van der Waals surface area contributed by atoms with Gasteiger partial charge in [-0.2, -0.15) is 0 Å². The summed E-state index contributed by atoms with van der Waals surface area (Å²) in [6.07, 6.45) is 3.03. The van der Waals surface area contributed by atoms with Crippen LogP contribution < -0.4 is 10.1 Å². The van der Waals surface area contributed by atoms with Crippen molar-refractivity contribution in [3.8, 4) is 5.75 Å². The molecule has 0 saturated carbocycles. The van der Waals surface area contributed by atoms with Crippen molar-refractivity contribution in [1.82, 2.24) is 9.55 Å². The fraction of sp³-hybridized carbons (Fsp3) is 0.438. The van der Waals surface area contributed by atoms with Crippen LogP contribution in [0.5, 0.6) is 5.75 Å². The maximum atomic E-state index is 5.17. The molecular weight excluding hydrogens is 266 g/mol. The Morgan fingerprint density at radius 1 is 1.19 bits per heavy atom. The summed E-state index contributed by atoms with van der Waals surface area (Å²) < 4.78 is 12.4. The van der Waals surface area contributed by atoms with Crippen molar-refractivity contribution < 1.29 is 9.47 Å². The van der Waals surface area contributed by atoms with Gasteiger partial charge in [0.1, 0.15) is 5.75 Å². The molecule has 21 heavy (non-hydrogen) atoms. The van der Waals surface area contributed by atoms with Crippen molar-refractivity contribution in [2.24, 2.45) is 0 Å². The number of aromatic nitrogens is 2. The number of ether oxygens (including phenoxy) is 2. The van der Waals surface area contributed by atoms with E-state index >= 15 is 0 Å². The maximum absolute atomic E-state index is 5.17. The molecule has 0 aliphatic rings. The third-order valence-electron chi connectivity index (χ3n) is 3.29. The first-order valence-electron chi connectivity index (χ1n) is 7.12. The van der Waals surface area contributed by atoms with Crippen LogP contribution >= 0.6 is 0 Å². The third kappa shape index (κ3) is 4.49. The summed E-state index contributed by atoms with van der Waals surface area (Å²) >= 11 is 0. The molecule has 0 radical (unpaired) electrons. The number of nitrogens with zero attached hydrogens (tertiary/aromatic N) is 2. The molecule has 0 amide bonds. The minimum absolute atomic E-state index is 0.671. The quantitative estimate of drug-likeness (QED) is 0.759. The molecule has 1 heterocycles. The van der Waals surface area contributed by atoms with Gasteiger partial charge in [0.15, 0.2) is 0 Å². The van der Waals surface area contributed by atoms with E-state index in [1.165, 1.54) is 5.56 Å². The van der Waals surface area contributed by atoms with Crippen LogP contribution in [0.1, 0.15) is 11.3 Å². The molecule has 0 saturated heterocycles. The average Bonchev–Trinajstić information content (AvgIpc) is 2.86. The van der Waals surface area contributed by atoms with Gasteiger partial charge < -0.3 is 19.4 Å². The van der Waals surface area contributed by atoms with Crippen molar-refractivity contribution in [2.45, 2.75) is 19.9 Å². The predicted molar refractivity (Wildman–Crippen MR) is 84.0 cm³/mol. The van der Waals surface area contributed by atoms with Gasteiger partial charge in [-0.3, -0.25) is 0 Å². The Morgan fingerprint density at radius 2 is 1.95 bits per heavy atom. The number of hydrogen-bond acceptors (Lipinski definition) is 4. The highest BCUT2D eigenvalue weighted by Crippen LogP contribution is 2.14. The summed E-state index contributed by atoms with van der Waals surface area (Å²) in [7, 11) is 3.38. The number of methoxy groups -OCH3 is 2. The molecule has 5 heteroatoms. The lowest BCUT2D eigenvalue weighted by Gasteiger charge is -2.09. The molecular formula is C16H23N3O2. The minimum Gasteiger partial charge on any atom is -0.497 e. The zero-order chi connectivity index (χ0) is 15.1. The molecule has 0 aliphatic carbocycles. The molecule has 0 unspecified atom stereocenters. The second-order valence-electron chi connectivity index (χ2n) is 4.92. The van der Waals surface area contributed by atoms with E-state index in [0.717, 1.165) is 36.9 Å². The molecule has 2 rings (SSSR count). The van der Waals surface area contributed by atoms with Gasteiger partial charge in [0.05, 0.1) is 19.4 Å². The lowest BCUT2D eigenvalue weighted by Crippen LogP contribution is -2.13. The van der Waals surface area contributed by atoms with Gasteiger partial charge in [-0.25, -0.2) is 4.98 Å². The Kier molecular flexibility index (Phi) is 5.63. The van der Waals surface area contributed by atoms with E-state index in [1.54, 1.807) is 14.2 Å². The molecule has 1 aromatic carbocycles. The van der Waals surface area contributed by atoms with Crippen LogP contribution in [0.2, 0.25) is 0 Å². The zero-order valence-electron chi connectivity index (χ0n) is 12.9. The lowest BCUT2D eigenvalue weighted by atomic mass is 10.1. The van der Waals surface area contributed by atoms with E-state index in [4.69, 9.17) is 9.47 Å². The lowest BCUT2D eigenvalue weighted by molar-refractivity contribution is 0.210. The van der Waals surface area contributed by atoms with Crippen LogP contribution in [-0.4, -0.2) is 36.9 Å². The standard InChI is InChI=1S/C16H23N3O2/c1-13-12-19(16(18-13)17-9-11-20-2)10-8-14-4-6-15(21-3)7-5-14/h4-7,12H,8-11H2,1-3H3,(H,17,18). The van der Waals surface area contributed by atoms with E-state index in [9.17, 15) is 0 Å². The number of imidazole rings is 1. The number of rotatable bonds is 8. The minimum atomic E-state index is 0.671. The Morgan fingerprint density at radius 3 is 2.62 bits per heavy atom. The van der Waals surface area contributed by atoms with Crippen LogP contribution in [0.25, 0.3) is 0 Å². The summed E-state index contributed by atoms with van der Waals surface area (Å²) in [6, 6.07) is 8.18. The molecule has 0 atom stereocenters. The molecule has 114 valence electrons. The van der Waals surface area contributed by atoms with Crippen molar-refractivity contribution in [3.63, 3.8) is 0 Å². The van der Waals surface area contributed by atoms with Crippen LogP contribution in [-0.2, 0) is 17.7 Å². The van der Waals surface area contributed by atoms with Gasteiger partial charge in [-0.1, -0.05) is 12.1 Å². The Labute approximate surface area is 125 Å². The Hall–Kier alpha value is -2.01. The first kappa shape index (κ1) is 15.4. The van der Waals surface area contributed by atoms with Crippen LogP contribution in [0.15, 0.2) is 30.5 Å². The monoisotopic (exact) mass is 289 g/mol. The van der Waals surface area contributed by atoms with E-state index in [0.29, 0.717) is 6.61 Å². The van der Waals surface area contributed by atoms with Crippen LogP contribution in [0.3, 0.4) is 0 Å². The van der Waals surface area contributed by atoms with E-state index in [1.807, 2.05) is 19.1 Å². The zero-order valence-corrected chi connectivity index (χ0v) is 12.9. The highest BCUT2D eigenvalue weighted by atomic mass is 16.5. The number of benzene rings is 1. The summed E-state index contributed by atoms with van der Waals surface area (Å²) in [5, 5.41) is 3.30. The number of hydrogen-bond donors (Lipinski definition) is 1. The number of aryl methyl sites for hydroxylation is 3. The molecule has 1 aromatic heterocycles. The summed E-state index contributed by atoms with van der Waals surface area (Å²) in [4.78, 5) is 4.50. The summed E-state index contributed by atoms with van der Waals surface area (Å²) in [6.45, 7) is 4.33. The molecule has 2 aromatic rings. The van der Waals surface area contributed by atoms with E-state index < -0.39 is 0 Å². The molecule has 0 bridgehead atoms. The number of nitrogens with one attached hydrogen (secondary N) is 1. The average molecular weight is 289 g/mol. The topological polar surface area (TPSA) is 48.3 Å². The van der Waals surface area contributed by atoms with Crippen LogP contribution in [0, 0.1) is 6.92 Å². The predicted octanol–water partition coefficient (Wildman–Crippen LogP) is 2.50. The molecule has 1 N–H and O–H groups in total. The number of anilines is 1. The highest BCUT2D eigenvalue weighted by Gasteiger charge is 2.05. The maximum Gasteiger partial charge on any atom is 0.203 e. The third-order valence-corrected chi connectivity index (χ3v) is 3.29. The van der Waals surface area contributed by atoms with Crippen molar-refractivity contribution in [3.05, 3.63) is 41.7 Å². The van der Waals surface area contributed by atoms with Crippen molar-refractivity contribution >= 4 is 5.95 Å². The fourth-order valence-corrected chi connectivity index (χ4v) is 2.16. The second-order valence-corrected chi connectivity index (χ2v) is 4.92. The highest BCUT2D eigenvalue weighted by molar-refractivity contribution is 5.30.